The van der Waals surface area contributed by atoms with Gasteiger partial charge in [-0.05, 0) is 48.1 Å². The molecule has 1 fully saturated rings. The van der Waals surface area contributed by atoms with Crippen LogP contribution in [0.3, 0.4) is 0 Å². The summed E-state index contributed by atoms with van der Waals surface area (Å²) >= 11 is 0. The molecule has 1 aliphatic heterocycles. The van der Waals surface area contributed by atoms with E-state index in [0.717, 1.165) is 5.56 Å². The molecule has 28 heavy (non-hydrogen) atoms. The largest absolute Gasteiger partial charge is 0.274 e. The number of nitrogens with one attached hydrogen (secondary N) is 1. The minimum absolute atomic E-state index is 0.00865. The summed E-state index contributed by atoms with van der Waals surface area (Å²) in [5.74, 6) is -2.35. The van der Waals surface area contributed by atoms with Gasteiger partial charge in [0.15, 0.2) is 9.84 Å². The first-order valence-corrected chi connectivity index (χ1v) is 12.0. The Morgan fingerprint density at radius 2 is 1.71 bits per heavy atom. The van der Waals surface area contributed by atoms with Gasteiger partial charge in [0.25, 0.3) is 0 Å². The van der Waals surface area contributed by atoms with E-state index in [1.165, 1.54) is 30.3 Å². The lowest BCUT2D eigenvalue weighted by molar-refractivity contribution is -0.126. The molecule has 0 aromatic heterocycles. The number of halogens is 1. The zero-order valence-corrected chi connectivity index (χ0v) is 16.3. The van der Waals surface area contributed by atoms with Crippen molar-refractivity contribution in [1.29, 1.82) is 0 Å². The van der Waals surface area contributed by atoms with Gasteiger partial charge in [0.2, 0.25) is 15.9 Å². The molecule has 6 nitrogen and oxygen atoms in total. The molecule has 1 heterocycles. The molecule has 1 N–H and O–H groups in total. The molecule has 1 amide bonds. The third-order valence-electron chi connectivity index (χ3n) is 5.50. The van der Waals surface area contributed by atoms with Gasteiger partial charge in [-0.3, -0.25) is 9.52 Å². The van der Waals surface area contributed by atoms with Crippen molar-refractivity contribution in [1.82, 2.24) is 4.72 Å². The highest BCUT2D eigenvalue weighted by atomic mass is 32.2. The zero-order chi connectivity index (χ0) is 20.1. The highest BCUT2D eigenvalue weighted by Gasteiger charge is 2.45. The molecule has 2 aliphatic rings. The number of rotatable bonds is 4. The second kappa shape index (κ2) is 6.66. The molecule has 4 rings (SSSR count). The molecule has 2 aromatic rings. The number of hydrogen-bond donors (Lipinski definition) is 1. The Bertz CT molecular complexity index is 1140. The Hall–Kier alpha value is -2.26. The Morgan fingerprint density at radius 1 is 1.04 bits per heavy atom. The van der Waals surface area contributed by atoms with Crippen LogP contribution >= 0.6 is 0 Å². The SMILES string of the molecule is O=C(NS(=O)(=O)C1CS(=O)(=O)c2ccccc21)C1CCC1c1ccc(F)cc1. The Balaban J connectivity index is 1.54. The first-order chi connectivity index (χ1) is 13.2. The maximum absolute atomic E-state index is 13.1. The number of carbonyl (C=O) groups excluding carboxylic acids is 1. The number of sulfonamides is 1. The topological polar surface area (TPSA) is 97.4 Å². The predicted molar refractivity (Wildman–Crippen MR) is 100 cm³/mol. The monoisotopic (exact) mass is 423 g/mol. The fraction of sp³-hybridized carbons (Fsp3) is 0.316. The highest BCUT2D eigenvalue weighted by molar-refractivity contribution is 7.95. The lowest BCUT2D eigenvalue weighted by Gasteiger charge is -2.35. The molecule has 0 spiro atoms. The van der Waals surface area contributed by atoms with E-state index in [2.05, 4.69) is 4.72 Å². The fourth-order valence-corrected chi connectivity index (χ4v) is 7.93. The van der Waals surface area contributed by atoms with Crippen LogP contribution in [-0.2, 0) is 24.7 Å². The number of fused-ring (bicyclic) bond motifs is 1. The van der Waals surface area contributed by atoms with Gasteiger partial charge in [-0.15, -0.1) is 0 Å². The molecular weight excluding hydrogens is 405 g/mol. The van der Waals surface area contributed by atoms with Gasteiger partial charge in [0.05, 0.1) is 10.6 Å². The minimum Gasteiger partial charge on any atom is -0.274 e. The number of amides is 1. The van der Waals surface area contributed by atoms with E-state index in [9.17, 15) is 26.0 Å². The first-order valence-electron chi connectivity index (χ1n) is 8.82. The van der Waals surface area contributed by atoms with E-state index in [0.29, 0.717) is 12.8 Å². The summed E-state index contributed by atoms with van der Waals surface area (Å²) in [5.41, 5.74) is 0.963. The third kappa shape index (κ3) is 3.22. The summed E-state index contributed by atoms with van der Waals surface area (Å²) in [7, 11) is -7.93. The second-order valence-electron chi connectivity index (χ2n) is 7.16. The van der Waals surface area contributed by atoms with E-state index < -0.39 is 42.7 Å². The number of carbonyl (C=O) groups is 1. The Labute approximate surface area is 162 Å². The van der Waals surface area contributed by atoms with Crippen molar-refractivity contribution < 1.29 is 26.0 Å². The average molecular weight is 423 g/mol. The quantitative estimate of drug-likeness (QED) is 0.814. The van der Waals surface area contributed by atoms with Gasteiger partial charge < -0.3 is 0 Å². The number of hydrogen-bond acceptors (Lipinski definition) is 5. The molecule has 3 unspecified atom stereocenters. The van der Waals surface area contributed by atoms with Gasteiger partial charge in [-0.2, -0.15) is 0 Å². The standard InChI is InChI=1S/C19H18FNO5S2/c20-13-7-5-12(6-8-13)14-9-10-15(14)19(22)21-28(25,26)18-11-27(23,24)17-4-2-1-3-16(17)18/h1-8,14-15,18H,9-11H2,(H,21,22). The number of sulfone groups is 1. The molecule has 3 atom stereocenters. The van der Waals surface area contributed by atoms with Crippen molar-refractivity contribution in [2.75, 3.05) is 5.75 Å². The minimum atomic E-state index is -4.22. The molecule has 0 radical (unpaired) electrons. The van der Waals surface area contributed by atoms with Gasteiger partial charge in [0, 0.05) is 5.92 Å². The van der Waals surface area contributed by atoms with Crippen LogP contribution in [0.1, 0.15) is 35.1 Å². The van der Waals surface area contributed by atoms with E-state index >= 15 is 0 Å². The molecule has 9 heteroatoms. The molecular formula is C19H18FNO5S2. The lowest BCUT2D eigenvalue weighted by atomic mass is 9.69. The summed E-state index contributed by atoms with van der Waals surface area (Å²) in [6.45, 7) is 0. The van der Waals surface area contributed by atoms with Gasteiger partial charge >= 0.3 is 0 Å². The molecule has 2 aromatic carbocycles. The highest BCUT2D eigenvalue weighted by Crippen LogP contribution is 2.43. The van der Waals surface area contributed by atoms with Crippen molar-refractivity contribution in [3.05, 3.63) is 65.5 Å². The van der Waals surface area contributed by atoms with Crippen LogP contribution in [0.4, 0.5) is 4.39 Å². The molecule has 0 saturated heterocycles. The molecule has 0 bridgehead atoms. The molecule has 1 aliphatic carbocycles. The van der Waals surface area contributed by atoms with Crippen LogP contribution in [0.25, 0.3) is 0 Å². The van der Waals surface area contributed by atoms with Crippen LogP contribution in [-0.4, -0.2) is 28.5 Å². The van der Waals surface area contributed by atoms with Crippen molar-refractivity contribution >= 4 is 25.8 Å². The Kier molecular flexibility index (Phi) is 4.54. The van der Waals surface area contributed by atoms with E-state index in [1.54, 1.807) is 18.2 Å². The molecule has 148 valence electrons. The van der Waals surface area contributed by atoms with Gasteiger partial charge in [-0.1, -0.05) is 30.3 Å². The maximum atomic E-state index is 13.1. The maximum Gasteiger partial charge on any atom is 0.243 e. The van der Waals surface area contributed by atoms with E-state index in [4.69, 9.17) is 0 Å². The third-order valence-corrected chi connectivity index (χ3v) is 9.18. The van der Waals surface area contributed by atoms with Crippen molar-refractivity contribution in [3.63, 3.8) is 0 Å². The van der Waals surface area contributed by atoms with Crippen LogP contribution in [0.5, 0.6) is 0 Å². The second-order valence-corrected chi connectivity index (χ2v) is 11.0. The fourth-order valence-electron chi connectivity index (χ4n) is 3.88. The van der Waals surface area contributed by atoms with E-state index in [-0.39, 0.29) is 22.2 Å². The normalized spacial score (nSPS) is 25.5. The number of benzene rings is 2. The van der Waals surface area contributed by atoms with Crippen LogP contribution in [0, 0.1) is 11.7 Å². The Morgan fingerprint density at radius 3 is 2.36 bits per heavy atom. The summed E-state index contributed by atoms with van der Waals surface area (Å²) in [6, 6.07) is 11.7. The van der Waals surface area contributed by atoms with Gasteiger partial charge in [-0.25, -0.2) is 21.2 Å². The molecule has 1 saturated carbocycles. The van der Waals surface area contributed by atoms with Crippen LogP contribution in [0.2, 0.25) is 0 Å². The van der Waals surface area contributed by atoms with E-state index in [1.807, 2.05) is 0 Å². The van der Waals surface area contributed by atoms with Gasteiger partial charge in [0.1, 0.15) is 11.1 Å². The summed E-state index contributed by atoms with van der Waals surface area (Å²) in [5, 5.41) is -1.32. The predicted octanol–water partition coefficient (Wildman–Crippen LogP) is 2.29. The van der Waals surface area contributed by atoms with Crippen molar-refractivity contribution in [3.8, 4) is 0 Å². The first kappa shape index (κ1) is 19.1. The lowest BCUT2D eigenvalue weighted by Crippen LogP contribution is -2.44. The van der Waals surface area contributed by atoms with Crippen molar-refractivity contribution in [2.24, 2.45) is 5.92 Å². The van der Waals surface area contributed by atoms with Crippen molar-refractivity contribution in [2.45, 2.75) is 28.9 Å². The average Bonchev–Trinajstić information content (AvgIpc) is 2.88. The zero-order valence-electron chi connectivity index (χ0n) is 14.7. The smallest absolute Gasteiger partial charge is 0.243 e. The summed E-state index contributed by atoms with van der Waals surface area (Å²) in [6.07, 6.45) is 1.22. The summed E-state index contributed by atoms with van der Waals surface area (Å²) < 4.78 is 65.3. The summed E-state index contributed by atoms with van der Waals surface area (Å²) in [4.78, 5) is 12.6. The van der Waals surface area contributed by atoms with Crippen LogP contribution < -0.4 is 4.72 Å². The van der Waals surface area contributed by atoms with Crippen LogP contribution in [0.15, 0.2) is 53.4 Å².